The second-order valence-corrected chi connectivity index (χ2v) is 8.83. The minimum atomic E-state index is -0.0648. The highest BCUT2D eigenvalue weighted by Gasteiger charge is 2.08. The molecule has 0 atom stereocenters. The first-order valence-electron chi connectivity index (χ1n) is 11.7. The smallest absolute Gasteiger partial charge is 0.224 e. The number of hydrogen-bond donors (Lipinski definition) is 4. The summed E-state index contributed by atoms with van der Waals surface area (Å²) in [6, 6.07) is 14.7. The van der Waals surface area contributed by atoms with Crippen molar-refractivity contribution in [2.24, 2.45) is 0 Å². The number of carbonyl (C=O) groups is 2. The van der Waals surface area contributed by atoms with Crippen LogP contribution in [0.5, 0.6) is 0 Å². The van der Waals surface area contributed by atoms with Crippen LogP contribution in [0.2, 0.25) is 0 Å². The summed E-state index contributed by atoms with van der Waals surface area (Å²) in [4.78, 5) is 33.6. The number of aryl methyl sites for hydroxylation is 2. The lowest BCUT2D eigenvalue weighted by Crippen LogP contribution is -2.12. The Kier molecular flexibility index (Phi) is 7.10. The molecule has 0 saturated carbocycles. The molecule has 180 valence electrons. The number of pyridine rings is 2. The number of nitrogens with one attached hydrogen (secondary N) is 2. The van der Waals surface area contributed by atoms with Gasteiger partial charge in [0, 0.05) is 57.8 Å². The van der Waals surface area contributed by atoms with Crippen molar-refractivity contribution in [1.29, 1.82) is 0 Å². The largest absolute Gasteiger partial charge is 0.398 e. The van der Waals surface area contributed by atoms with Crippen molar-refractivity contribution in [2.75, 3.05) is 22.1 Å². The second-order valence-electron chi connectivity index (χ2n) is 8.83. The van der Waals surface area contributed by atoms with Gasteiger partial charge in [0.1, 0.15) is 0 Å². The Morgan fingerprint density at radius 2 is 1.11 bits per heavy atom. The van der Waals surface area contributed by atoms with Crippen LogP contribution in [0.1, 0.15) is 43.5 Å². The van der Waals surface area contributed by atoms with Gasteiger partial charge in [-0.15, -0.1) is 0 Å². The number of nitrogens with two attached hydrogens (primary N) is 2. The maximum absolute atomic E-state index is 12.3. The number of unbranched alkanes of at least 4 members (excludes halogenated alkanes) is 2. The van der Waals surface area contributed by atoms with Crippen molar-refractivity contribution in [2.45, 2.75) is 46.0 Å². The summed E-state index contributed by atoms with van der Waals surface area (Å²) in [5.41, 5.74) is 18.2. The van der Waals surface area contributed by atoms with Crippen LogP contribution in [-0.2, 0) is 9.59 Å². The van der Waals surface area contributed by atoms with Crippen LogP contribution in [-0.4, -0.2) is 21.8 Å². The lowest BCUT2D eigenvalue weighted by molar-refractivity contribution is -0.116. The van der Waals surface area contributed by atoms with Crippen molar-refractivity contribution in [3.05, 3.63) is 59.9 Å². The predicted octanol–water partition coefficient (Wildman–Crippen LogP) is 5.09. The molecule has 4 aromatic rings. The standard InChI is InChI=1S/C27H30N6O2/c1-16-12-22(28)20-14-18(8-10-24(20)30-16)32-26(34)6-4-3-5-7-27(35)33-19-9-11-25-21(15-19)23(29)13-17(2)31-25/h8-15H,3-7H2,1-2H3,(H2,28,30)(H2,29,31)(H,32,34)(H,33,35). The predicted molar refractivity (Wildman–Crippen MR) is 142 cm³/mol. The maximum Gasteiger partial charge on any atom is 0.224 e. The van der Waals surface area contributed by atoms with Gasteiger partial charge in [-0.2, -0.15) is 0 Å². The molecule has 4 rings (SSSR count). The molecule has 0 fully saturated rings. The first-order chi connectivity index (χ1) is 16.8. The topological polar surface area (TPSA) is 136 Å². The highest BCUT2D eigenvalue weighted by atomic mass is 16.2. The Balaban J connectivity index is 1.20. The number of carbonyl (C=O) groups excluding carboxylic acids is 2. The molecule has 6 N–H and O–H groups in total. The number of hydrogen-bond acceptors (Lipinski definition) is 6. The van der Waals surface area contributed by atoms with Crippen LogP contribution in [0.3, 0.4) is 0 Å². The van der Waals surface area contributed by atoms with E-state index in [9.17, 15) is 9.59 Å². The number of aromatic nitrogens is 2. The summed E-state index contributed by atoms with van der Waals surface area (Å²) in [5.74, 6) is -0.130. The van der Waals surface area contributed by atoms with Crippen LogP contribution < -0.4 is 22.1 Å². The van der Waals surface area contributed by atoms with Gasteiger partial charge in [-0.05, 0) is 75.2 Å². The fourth-order valence-corrected chi connectivity index (χ4v) is 4.13. The molecule has 0 bridgehead atoms. The summed E-state index contributed by atoms with van der Waals surface area (Å²) >= 11 is 0. The van der Waals surface area contributed by atoms with Gasteiger partial charge in [0.05, 0.1) is 11.0 Å². The number of anilines is 4. The zero-order valence-electron chi connectivity index (χ0n) is 20.0. The van der Waals surface area contributed by atoms with Crippen molar-refractivity contribution >= 4 is 56.4 Å². The van der Waals surface area contributed by atoms with E-state index in [1.165, 1.54) is 0 Å². The molecule has 0 radical (unpaired) electrons. The SMILES string of the molecule is Cc1cc(N)c2cc(NC(=O)CCCCCC(=O)Nc3ccc4nc(C)cc(N)c4c3)ccc2n1. The van der Waals surface area contributed by atoms with Crippen LogP contribution in [0.4, 0.5) is 22.7 Å². The van der Waals surface area contributed by atoms with Crippen molar-refractivity contribution in [3.8, 4) is 0 Å². The van der Waals surface area contributed by atoms with Gasteiger partial charge < -0.3 is 22.1 Å². The van der Waals surface area contributed by atoms with E-state index in [0.29, 0.717) is 48.4 Å². The average Bonchev–Trinajstić information content (AvgIpc) is 2.79. The molecule has 0 aliphatic heterocycles. The van der Waals surface area contributed by atoms with Crippen molar-refractivity contribution in [1.82, 2.24) is 9.97 Å². The van der Waals surface area contributed by atoms with Gasteiger partial charge in [-0.25, -0.2) is 0 Å². The number of amides is 2. The molecule has 2 aromatic heterocycles. The molecule has 8 nitrogen and oxygen atoms in total. The van der Waals surface area contributed by atoms with Crippen LogP contribution in [0, 0.1) is 13.8 Å². The molecular weight excluding hydrogens is 440 g/mol. The summed E-state index contributed by atoms with van der Waals surface area (Å²) in [6.07, 6.45) is 2.96. The van der Waals surface area contributed by atoms with Gasteiger partial charge in [-0.3, -0.25) is 19.6 Å². The third-order valence-corrected chi connectivity index (χ3v) is 5.81. The molecule has 0 saturated heterocycles. The van der Waals surface area contributed by atoms with E-state index in [4.69, 9.17) is 11.5 Å². The number of benzene rings is 2. The first-order valence-corrected chi connectivity index (χ1v) is 11.7. The highest BCUT2D eigenvalue weighted by Crippen LogP contribution is 2.25. The van der Waals surface area contributed by atoms with Crippen molar-refractivity contribution < 1.29 is 9.59 Å². The number of fused-ring (bicyclic) bond motifs is 2. The molecular formula is C27H30N6O2. The first kappa shape index (κ1) is 23.9. The maximum atomic E-state index is 12.3. The van der Waals surface area contributed by atoms with Gasteiger partial charge in [0.15, 0.2) is 0 Å². The second kappa shape index (κ2) is 10.4. The molecule has 2 heterocycles. The van der Waals surface area contributed by atoms with Gasteiger partial charge in [0.2, 0.25) is 11.8 Å². The fourth-order valence-electron chi connectivity index (χ4n) is 4.13. The lowest BCUT2D eigenvalue weighted by atomic mass is 10.1. The zero-order chi connectivity index (χ0) is 24.9. The number of nitrogens with zero attached hydrogens (tertiary/aromatic N) is 2. The molecule has 2 amide bonds. The van der Waals surface area contributed by atoms with E-state index in [2.05, 4.69) is 20.6 Å². The molecule has 2 aromatic carbocycles. The van der Waals surface area contributed by atoms with E-state index in [-0.39, 0.29) is 11.8 Å². The van der Waals surface area contributed by atoms with Crippen LogP contribution >= 0.6 is 0 Å². The summed E-state index contributed by atoms with van der Waals surface area (Å²) in [7, 11) is 0. The third kappa shape index (κ3) is 6.03. The fraction of sp³-hybridized carbons (Fsp3) is 0.259. The minimum Gasteiger partial charge on any atom is -0.398 e. The molecule has 0 aliphatic rings. The minimum absolute atomic E-state index is 0.0648. The quantitative estimate of drug-likeness (QED) is 0.265. The van der Waals surface area contributed by atoms with E-state index >= 15 is 0 Å². The normalized spacial score (nSPS) is 11.0. The van der Waals surface area contributed by atoms with Crippen LogP contribution in [0.25, 0.3) is 21.8 Å². The van der Waals surface area contributed by atoms with Gasteiger partial charge >= 0.3 is 0 Å². The summed E-state index contributed by atoms with van der Waals surface area (Å²) in [6.45, 7) is 3.79. The summed E-state index contributed by atoms with van der Waals surface area (Å²) < 4.78 is 0. The molecule has 0 unspecified atom stereocenters. The third-order valence-electron chi connectivity index (χ3n) is 5.81. The lowest BCUT2D eigenvalue weighted by Gasteiger charge is -2.09. The van der Waals surface area contributed by atoms with Crippen LogP contribution in [0.15, 0.2) is 48.5 Å². The van der Waals surface area contributed by atoms with E-state index in [1.807, 2.05) is 62.4 Å². The Bertz CT molecular complexity index is 1310. The Morgan fingerprint density at radius 1 is 0.686 bits per heavy atom. The number of nitrogen functional groups attached to an aromatic ring is 2. The Hall–Kier alpha value is -4.20. The van der Waals surface area contributed by atoms with Crippen molar-refractivity contribution in [3.63, 3.8) is 0 Å². The number of rotatable bonds is 8. The zero-order valence-corrected chi connectivity index (χ0v) is 20.0. The molecule has 0 spiro atoms. The molecule has 0 aliphatic carbocycles. The molecule has 8 heteroatoms. The van der Waals surface area contributed by atoms with Gasteiger partial charge in [-0.1, -0.05) is 6.42 Å². The Morgan fingerprint density at radius 3 is 1.54 bits per heavy atom. The van der Waals surface area contributed by atoms with E-state index in [1.54, 1.807) is 0 Å². The molecule has 35 heavy (non-hydrogen) atoms. The average molecular weight is 471 g/mol. The van der Waals surface area contributed by atoms with Gasteiger partial charge in [0.25, 0.3) is 0 Å². The van der Waals surface area contributed by atoms with E-state index < -0.39 is 0 Å². The highest BCUT2D eigenvalue weighted by molar-refractivity contribution is 5.98. The Labute approximate surface area is 204 Å². The summed E-state index contributed by atoms with van der Waals surface area (Å²) in [5, 5.41) is 7.47. The monoisotopic (exact) mass is 470 g/mol. The van der Waals surface area contributed by atoms with E-state index in [0.717, 1.165) is 39.6 Å².